The van der Waals surface area contributed by atoms with Crippen molar-refractivity contribution < 1.29 is 19.7 Å². The molecule has 0 aromatic heterocycles. The van der Waals surface area contributed by atoms with Gasteiger partial charge in [-0.3, -0.25) is 4.79 Å². The van der Waals surface area contributed by atoms with Gasteiger partial charge in [-0.2, -0.15) is 0 Å². The van der Waals surface area contributed by atoms with E-state index in [4.69, 9.17) is 4.74 Å². The van der Waals surface area contributed by atoms with Gasteiger partial charge in [0.25, 0.3) is 0 Å². The van der Waals surface area contributed by atoms with Crippen molar-refractivity contribution in [1.29, 1.82) is 0 Å². The molecule has 0 aliphatic heterocycles. The molecule has 0 amide bonds. The minimum atomic E-state index is -0.974. The van der Waals surface area contributed by atoms with E-state index in [0.717, 1.165) is 25.7 Å². The predicted molar refractivity (Wildman–Crippen MR) is 242 cm³/mol. The summed E-state index contributed by atoms with van der Waals surface area (Å²) in [7, 11) is 0. The summed E-state index contributed by atoms with van der Waals surface area (Å²) in [5.74, 6) is -0.214. The Morgan fingerprint density at radius 3 is 0.818 bits per heavy atom. The summed E-state index contributed by atoms with van der Waals surface area (Å²) in [5, 5.41) is 19.8. The second-order valence-corrected chi connectivity index (χ2v) is 17.8. The average Bonchev–Trinajstić information content (AvgIpc) is 3.19. The van der Waals surface area contributed by atoms with Crippen molar-refractivity contribution in [3.63, 3.8) is 0 Å². The Bertz CT molecular complexity index is 711. The molecule has 2 atom stereocenters. The van der Waals surface area contributed by atoms with Crippen molar-refractivity contribution in [1.82, 2.24) is 0 Å². The molecule has 0 aliphatic carbocycles. The van der Waals surface area contributed by atoms with E-state index in [9.17, 15) is 15.0 Å². The van der Waals surface area contributed by atoms with Crippen LogP contribution in [0.3, 0.4) is 0 Å². The molecule has 0 aliphatic rings. The Balaban J connectivity index is 3.51. The molecular weight excluding hydrogens is 677 g/mol. The molecule has 0 rings (SSSR count). The summed E-state index contributed by atoms with van der Waals surface area (Å²) >= 11 is 0. The zero-order valence-corrected chi connectivity index (χ0v) is 37.9. The lowest BCUT2D eigenvalue weighted by Crippen LogP contribution is -2.34. The fourth-order valence-corrected chi connectivity index (χ4v) is 8.33. The summed E-state index contributed by atoms with van der Waals surface area (Å²) in [6.45, 7) is 4.24. The van der Waals surface area contributed by atoms with E-state index in [0.29, 0.717) is 12.8 Å². The Hall–Kier alpha value is -0.610. The number of carbonyl (C=O) groups is 1. The Morgan fingerprint density at radius 2 is 0.582 bits per heavy atom. The molecule has 2 unspecified atom stereocenters. The minimum Gasteiger partial charge on any atom is -0.460 e. The first-order chi connectivity index (χ1) is 27.2. The molecule has 330 valence electrons. The van der Waals surface area contributed by atoms with Crippen LogP contribution in [-0.4, -0.2) is 35.0 Å². The molecule has 2 N–H and O–H groups in total. The molecule has 0 aromatic rings. The third kappa shape index (κ3) is 44.3. The van der Waals surface area contributed by atoms with Crippen LogP contribution in [0.5, 0.6) is 0 Å². The number of unbranched alkanes of at least 4 members (excludes halogenated alkanes) is 41. The SMILES string of the molecule is CCCCCCCCCCCCCCCCCCCCCCCCC(OC(=O)CCCCCCCCCCCCCCCCCCCCCCC)C(O)CO. The third-order valence-electron chi connectivity index (χ3n) is 12.2. The lowest BCUT2D eigenvalue weighted by Gasteiger charge is -2.22. The number of hydrogen-bond acceptors (Lipinski definition) is 4. The molecular formula is C51H102O4. The van der Waals surface area contributed by atoms with Crippen LogP contribution in [-0.2, 0) is 9.53 Å². The molecule has 4 nitrogen and oxygen atoms in total. The van der Waals surface area contributed by atoms with E-state index in [1.54, 1.807) is 0 Å². The maximum absolute atomic E-state index is 12.5. The second kappa shape index (κ2) is 47.8. The van der Waals surface area contributed by atoms with Gasteiger partial charge in [-0.1, -0.05) is 277 Å². The van der Waals surface area contributed by atoms with Crippen molar-refractivity contribution in [3.8, 4) is 0 Å². The third-order valence-corrected chi connectivity index (χ3v) is 12.2. The number of esters is 1. The molecule has 0 heterocycles. The fraction of sp³-hybridized carbons (Fsp3) is 0.980. The zero-order chi connectivity index (χ0) is 40.0. The number of rotatable bonds is 48. The molecule has 4 heteroatoms. The Morgan fingerprint density at radius 1 is 0.364 bits per heavy atom. The van der Waals surface area contributed by atoms with E-state index in [-0.39, 0.29) is 12.6 Å². The van der Waals surface area contributed by atoms with Gasteiger partial charge >= 0.3 is 5.97 Å². The van der Waals surface area contributed by atoms with Crippen molar-refractivity contribution in [2.24, 2.45) is 0 Å². The highest BCUT2D eigenvalue weighted by molar-refractivity contribution is 5.69. The number of aliphatic hydroxyl groups is 2. The Labute approximate surface area is 346 Å². The van der Waals surface area contributed by atoms with E-state index >= 15 is 0 Å². The highest BCUT2D eigenvalue weighted by atomic mass is 16.6. The van der Waals surface area contributed by atoms with Crippen LogP contribution in [0.2, 0.25) is 0 Å². The standard InChI is InChI=1S/C51H102O4/c1-3-5-7-9-11-13-15-17-19-21-23-25-27-28-30-32-34-36-38-40-42-44-46-50(49(53)48-52)55-51(54)47-45-43-41-39-37-35-33-31-29-26-24-22-20-18-16-14-12-10-8-6-4-2/h49-50,52-53H,3-48H2,1-2H3. The van der Waals surface area contributed by atoms with Gasteiger partial charge in [-0.25, -0.2) is 0 Å². The molecule has 0 saturated heterocycles. The molecule has 0 radical (unpaired) electrons. The number of ether oxygens (including phenoxy) is 1. The molecule has 0 fully saturated rings. The lowest BCUT2D eigenvalue weighted by atomic mass is 10.0. The number of aliphatic hydroxyl groups excluding tert-OH is 2. The maximum Gasteiger partial charge on any atom is 0.306 e. The van der Waals surface area contributed by atoms with Crippen LogP contribution in [0.25, 0.3) is 0 Å². The van der Waals surface area contributed by atoms with Crippen LogP contribution in [0, 0.1) is 0 Å². The van der Waals surface area contributed by atoms with Crippen LogP contribution < -0.4 is 0 Å². The highest BCUT2D eigenvalue weighted by Crippen LogP contribution is 2.19. The quantitative estimate of drug-likeness (QED) is 0.0477. The summed E-state index contributed by atoms with van der Waals surface area (Å²) in [6, 6.07) is 0. The lowest BCUT2D eigenvalue weighted by molar-refractivity contribution is -0.157. The van der Waals surface area contributed by atoms with E-state index in [1.165, 1.54) is 250 Å². The van der Waals surface area contributed by atoms with Gasteiger partial charge in [0.1, 0.15) is 12.2 Å². The van der Waals surface area contributed by atoms with E-state index < -0.39 is 12.2 Å². The van der Waals surface area contributed by atoms with Gasteiger partial charge in [0.05, 0.1) is 6.61 Å². The van der Waals surface area contributed by atoms with E-state index in [1.807, 2.05) is 0 Å². The molecule has 0 spiro atoms. The van der Waals surface area contributed by atoms with Crippen molar-refractivity contribution in [2.75, 3.05) is 6.61 Å². The topological polar surface area (TPSA) is 66.8 Å². The van der Waals surface area contributed by atoms with Crippen LogP contribution in [0.1, 0.15) is 303 Å². The highest BCUT2D eigenvalue weighted by Gasteiger charge is 2.22. The van der Waals surface area contributed by atoms with Gasteiger partial charge in [-0.15, -0.1) is 0 Å². The molecule has 0 saturated carbocycles. The van der Waals surface area contributed by atoms with Gasteiger partial charge in [0.2, 0.25) is 0 Å². The summed E-state index contributed by atoms with van der Waals surface area (Å²) in [4.78, 5) is 12.5. The Kier molecular flexibility index (Phi) is 47.2. The molecule has 0 bridgehead atoms. The largest absolute Gasteiger partial charge is 0.460 e. The normalized spacial score (nSPS) is 12.7. The minimum absolute atomic E-state index is 0.214. The summed E-state index contributed by atoms with van der Waals surface area (Å²) in [5.41, 5.74) is 0. The van der Waals surface area contributed by atoms with Gasteiger partial charge < -0.3 is 14.9 Å². The summed E-state index contributed by atoms with van der Waals surface area (Å²) < 4.78 is 5.64. The van der Waals surface area contributed by atoms with Gasteiger partial charge in [-0.05, 0) is 19.3 Å². The second-order valence-electron chi connectivity index (χ2n) is 17.8. The van der Waals surface area contributed by atoms with Crippen LogP contribution in [0.4, 0.5) is 0 Å². The number of hydrogen-bond donors (Lipinski definition) is 2. The maximum atomic E-state index is 12.5. The fourth-order valence-electron chi connectivity index (χ4n) is 8.33. The monoisotopic (exact) mass is 779 g/mol. The van der Waals surface area contributed by atoms with Crippen LogP contribution in [0.15, 0.2) is 0 Å². The summed E-state index contributed by atoms with van der Waals surface area (Å²) in [6.07, 6.45) is 57.9. The van der Waals surface area contributed by atoms with Crippen LogP contribution >= 0.6 is 0 Å². The van der Waals surface area contributed by atoms with Crippen molar-refractivity contribution in [3.05, 3.63) is 0 Å². The van der Waals surface area contributed by atoms with Crippen molar-refractivity contribution in [2.45, 2.75) is 315 Å². The predicted octanol–water partition coefficient (Wildman–Crippen LogP) is 16.8. The van der Waals surface area contributed by atoms with Gasteiger partial charge in [0.15, 0.2) is 0 Å². The first kappa shape index (κ1) is 54.4. The van der Waals surface area contributed by atoms with E-state index in [2.05, 4.69) is 13.8 Å². The molecule has 55 heavy (non-hydrogen) atoms. The molecule has 0 aromatic carbocycles. The first-order valence-electron chi connectivity index (χ1n) is 25.6. The van der Waals surface area contributed by atoms with Crippen molar-refractivity contribution >= 4 is 5.97 Å². The van der Waals surface area contributed by atoms with Gasteiger partial charge in [0, 0.05) is 6.42 Å². The number of carbonyl (C=O) groups excluding carboxylic acids is 1. The average molecular weight is 779 g/mol. The zero-order valence-electron chi connectivity index (χ0n) is 37.9. The first-order valence-corrected chi connectivity index (χ1v) is 25.6. The smallest absolute Gasteiger partial charge is 0.306 e.